The molecule has 25 heavy (non-hydrogen) atoms. The summed E-state index contributed by atoms with van der Waals surface area (Å²) in [4.78, 5) is 13.3. The summed E-state index contributed by atoms with van der Waals surface area (Å²) in [5, 5.41) is 9.27. The molecule has 0 aromatic heterocycles. The predicted molar refractivity (Wildman–Crippen MR) is 95.5 cm³/mol. The SMILES string of the molecule is O=C(O)c1ccc(OCCN2CCOCC2c2ccccc2)c(Cl)c1. The second-order valence-electron chi connectivity index (χ2n) is 5.84. The molecule has 1 aliphatic rings. The molecule has 2 aromatic rings. The highest BCUT2D eigenvalue weighted by molar-refractivity contribution is 6.32. The third-order valence-electron chi connectivity index (χ3n) is 4.24. The minimum Gasteiger partial charge on any atom is -0.491 e. The number of carboxylic acids is 1. The number of aromatic carboxylic acids is 1. The van der Waals surface area contributed by atoms with Gasteiger partial charge in [0, 0.05) is 13.1 Å². The number of halogens is 1. The zero-order valence-electron chi connectivity index (χ0n) is 13.7. The van der Waals surface area contributed by atoms with Gasteiger partial charge >= 0.3 is 5.97 Å². The summed E-state index contributed by atoms with van der Waals surface area (Å²) < 4.78 is 11.4. The number of hydrogen-bond acceptors (Lipinski definition) is 4. The van der Waals surface area contributed by atoms with Crippen LogP contribution in [0.2, 0.25) is 5.02 Å². The van der Waals surface area contributed by atoms with E-state index in [1.165, 1.54) is 17.7 Å². The maximum atomic E-state index is 10.9. The molecule has 5 nitrogen and oxygen atoms in total. The first-order valence-electron chi connectivity index (χ1n) is 8.17. The Hall–Kier alpha value is -2.08. The van der Waals surface area contributed by atoms with E-state index in [0.717, 1.165) is 13.1 Å². The van der Waals surface area contributed by atoms with Crippen LogP contribution in [0.3, 0.4) is 0 Å². The standard InChI is InChI=1S/C19H20ClNO4/c20-16-12-15(19(22)23)6-7-18(16)25-11-9-21-8-10-24-13-17(21)14-4-2-1-3-5-14/h1-7,12,17H,8-11,13H2,(H,22,23). The van der Waals surface area contributed by atoms with Crippen molar-refractivity contribution < 1.29 is 19.4 Å². The lowest BCUT2D eigenvalue weighted by atomic mass is 10.1. The molecular formula is C19H20ClNO4. The molecule has 132 valence electrons. The molecule has 3 rings (SSSR count). The van der Waals surface area contributed by atoms with Gasteiger partial charge in [-0.05, 0) is 23.8 Å². The topological polar surface area (TPSA) is 59.0 Å². The Morgan fingerprint density at radius 3 is 2.80 bits per heavy atom. The van der Waals surface area contributed by atoms with Crippen LogP contribution in [0.25, 0.3) is 0 Å². The van der Waals surface area contributed by atoms with Gasteiger partial charge in [0.2, 0.25) is 0 Å². The molecule has 0 saturated carbocycles. The van der Waals surface area contributed by atoms with Gasteiger partial charge < -0.3 is 14.6 Å². The van der Waals surface area contributed by atoms with Gasteiger partial charge in [-0.25, -0.2) is 4.79 Å². The lowest BCUT2D eigenvalue weighted by Gasteiger charge is -2.35. The fraction of sp³-hybridized carbons (Fsp3) is 0.316. The van der Waals surface area contributed by atoms with Gasteiger partial charge in [0.05, 0.1) is 29.8 Å². The fourth-order valence-electron chi connectivity index (χ4n) is 2.91. The first-order chi connectivity index (χ1) is 12.1. The number of carbonyl (C=O) groups is 1. The van der Waals surface area contributed by atoms with Gasteiger partial charge in [0.15, 0.2) is 0 Å². The summed E-state index contributed by atoms with van der Waals surface area (Å²) in [6.07, 6.45) is 0. The molecule has 0 aliphatic carbocycles. The third-order valence-corrected chi connectivity index (χ3v) is 4.53. The quantitative estimate of drug-likeness (QED) is 0.853. The van der Waals surface area contributed by atoms with Gasteiger partial charge in [0.1, 0.15) is 12.4 Å². The number of nitrogens with zero attached hydrogens (tertiary/aromatic N) is 1. The van der Waals surface area contributed by atoms with E-state index in [0.29, 0.717) is 30.6 Å². The highest BCUT2D eigenvalue weighted by atomic mass is 35.5. The van der Waals surface area contributed by atoms with E-state index in [4.69, 9.17) is 26.2 Å². The normalized spacial score (nSPS) is 18.0. The van der Waals surface area contributed by atoms with Crippen LogP contribution < -0.4 is 4.74 Å². The van der Waals surface area contributed by atoms with Crippen molar-refractivity contribution in [3.8, 4) is 5.75 Å². The van der Waals surface area contributed by atoms with E-state index in [-0.39, 0.29) is 11.6 Å². The number of rotatable bonds is 6. The number of hydrogen-bond donors (Lipinski definition) is 1. The average Bonchev–Trinajstić information content (AvgIpc) is 2.64. The molecule has 1 fully saturated rings. The van der Waals surface area contributed by atoms with Crippen LogP contribution in [0, 0.1) is 0 Å². The van der Waals surface area contributed by atoms with Crippen LogP contribution in [0.5, 0.6) is 5.75 Å². The molecule has 0 radical (unpaired) electrons. The predicted octanol–water partition coefficient (Wildman–Crippen LogP) is 3.49. The molecule has 1 heterocycles. The number of ether oxygens (including phenoxy) is 2. The van der Waals surface area contributed by atoms with Crippen molar-refractivity contribution in [1.82, 2.24) is 4.90 Å². The highest BCUT2D eigenvalue weighted by Gasteiger charge is 2.24. The summed E-state index contributed by atoms with van der Waals surface area (Å²) in [6, 6.07) is 15.0. The molecule has 1 atom stereocenters. The lowest BCUT2D eigenvalue weighted by Crippen LogP contribution is -2.41. The first kappa shape index (κ1) is 17.7. The lowest BCUT2D eigenvalue weighted by molar-refractivity contribution is -0.0132. The average molecular weight is 362 g/mol. The molecular weight excluding hydrogens is 342 g/mol. The Morgan fingerprint density at radius 1 is 1.28 bits per heavy atom. The molecule has 0 amide bonds. The molecule has 2 aromatic carbocycles. The van der Waals surface area contributed by atoms with Crippen LogP contribution >= 0.6 is 11.6 Å². The summed E-state index contributed by atoms with van der Waals surface area (Å²) in [6.45, 7) is 3.42. The zero-order valence-corrected chi connectivity index (χ0v) is 14.5. The van der Waals surface area contributed by atoms with Gasteiger partial charge in [0.25, 0.3) is 0 Å². The molecule has 1 unspecified atom stereocenters. The van der Waals surface area contributed by atoms with Crippen molar-refractivity contribution in [3.05, 3.63) is 64.7 Å². The van der Waals surface area contributed by atoms with E-state index < -0.39 is 5.97 Å². The van der Waals surface area contributed by atoms with Gasteiger partial charge in [-0.2, -0.15) is 0 Å². The van der Waals surface area contributed by atoms with Gasteiger partial charge in [-0.15, -0.1) is 0 Å². The molecule has 1 N–H and O–H groups in total. The van der Waals surface area contributed by atoms with Crippen molar-refractivity contribution in [2.75, 3.05) is 32.9 Å². The third kappa shape index (κ3) is 4.51. The maximum absolute atomic E-state index is 10.9. The Balaban J connectivity index is 1.59. The maximum Gasteiger partial charge on any atom is 0.335 e. The Labute approximate surface area is 151 Å². The zero-order chi connectivity index (χ0) is 17.6. The van der Waals surface area contributed by atoms with Crippen LogP contribution in [0.15, 0.2) is 48.5 Å². The van der Waals surface area contributed by atoms with Crippen LogP contribution in [0.4, 0.5) is 0 Å². The highest BCUT2D eigenvalue weighted by Crippen LogP contribution is 2.27. The van der Waals surface area contributed by atoms with Gasteiger partial charge in [-0.1, -0.05) is 41.9 Å². The molecule has 0 spiro atoms. The van der Waals surface area contributed by atoms with Crippen molar-refractivity contribution in [2.45, 2.75) is 6.04 Å². The smallest absolute Gasteiger partial charge is 0.335 e. The molecule has 6 heteroatoms. The monoisotopic (exact) mass is 361 g/mol. The Bertz CT molecular complexity index is 723. The minimum atomic E-state index is -1.01. The second-order valence-corrected chi connectivity index (χ2v) is 6.24. The summed E-state index contributed by atoms with van der Waals surface area (Å²) >= 11 is 6.10. The van der Waals surface area contributed by atoms with E-state index >= 15 is 0 Å². The van der Waals surface area contributed by atoms with E-state index in [1.54, 1.807) is 6.07 Å². The van der Waals surface area contributed by atoms with Crippen LogP contribution in [-0.4, -0.2) is 48.9 Å². The number of benzene rings is 2. The Kier molecular flexibility index (Phi) is 5.91. The largest absolute Gasteiger partial charge is 0.491 e. The molecule has 1 saturated heterocycles. The van der Waals surface area contributed by atoms with Crippen LogP contribution in [-0.2, 0) is 4.74 Å². The van der Waals surface area contributed by atoms with E-state index in [1.807, 2.05) is 18.2 Å². The Morgan fingerprint density at radius 2 is 2.08 bits per heavy atom. The first-order valence-corrected chi connectivity index (χ1v) is 8.55. The fourth-order valence-corrected chi connectivity index (χ4v) is 3.15. The number of morpholine rings is 1. The van der Waals surface area contributed by atoms with Crippen molar-refractivity contribution in [3.63, 3.8) is 0 Å². The van der Waals surface area contributed by atoms with E-state index in [9.17, 15) is 4.79 Å². The van der Waals surface area contributed by atoms with Crippen molar-refractivity contribution in [1.29, 1.82) is 0 Å². The number of carboxylic acid groups (broad SMARTS) is 1. The molecule has 0 bridgehead atoms. The summed E-state index contributed by atoms with van der Waals surface area (Å²) in [7, 11) is 0. The summed E-state index contributed by atoms with van der Waals surface area (Å²) in [5.41, 5.74) is 1.38. The van der Waals surface area contributed by atoms with Crippen molar-refractivity contribution in [2.24, 2.45) is 0 Å². The summed E-state index contributed by atoms with van der Waals surface area (Å²) in [5.74, 6) is -0.511. The van der Waals surface area contributed by atoms with Gasteiger partial charge in [-0.3, -0.25) is 4.90 Å². The van der Waals surface area contributed by atoms with Crippen molar-refractivity contribution >= 4 is 17.6 Å². The van der Waals surface area contributed by atoms with E-state index in [2.05, 4.69) is 17.0 Å². The minimum absolute atomic E-state index is 0.148. The van der Waals surface area contributed by atoms with Crippen LogP contribution in [0.1, 0.15) is 22.0 Å². The second kappa shape index (κ2) is 8.34. The molecule has 1 aliphatic heterocycles.